The third-order valence-corrected chi connectivity index (χ3v) is 4.56. The fraction of sp³-hybridized carbons (Fsp3) is 0.471. The second kappa shape index (κ2) is 7.77. The molecule has 2 unspecified atom stereocenters. The van der Waals surface area contributed by atoms with Gasteiger partial charge >= 0.3 is 0 Å². The number of piperidine rings is 1. The number of rotatable bonds is 4. The number of likely N-dealkylation sites (tertiary alicyclic amines) is 1. The molecule has 0 aliphatic carbocycles. The molecular formula is C17H25ClN4. The standard InChI is InChI=1S/C17H24N4.ClH/c1-14-4-2-10-20(17(14)12-18)13-15-5-7-16(8-6-15)21-11-3-9-19-21;/h3,5-9,11,14,17H,2,4,10,12-13,18H2,1H3;1H. The quantitative estimate of drug-likeness (QED) is 0.942. The van der Waals surface area contributed by atoms with Crippen LogP contribution in [-0.2, 0) is 6.54 Å². The molecule has 0 spiro atoms. The first kappa shape index (κ1) is 17.0. The van der Waals surface area contributed by atoms with Crippen LogP contribution in [0.5, 0.6) is 0 Å². The Kier molecular flexibility index (Phi) is 6.00. The van der Waals surface area contributed by atoms with Crippen molar-refractivity contribution in [1.82, 2.24) is 14.7 Å². The highest BCUT2D eigenvalue weighted by Gasteiger charge is 2.27. The molecule has 2 heterocycles. The van der Waals surface area contributed by atoms with E-state index in [1.54, 1.807) is 6.20 Å². The lowest BCUT2D eigenvalue weighted by atomic mass is 9.90. The predicted octanol–water partition coefficient (Wildman–Crippen LogP) is 2.85. The maximum absolute atomic E-state index is 5.97. The molecule has 1 fully saturated rings. The van der Waals surface area contributed by atoms with E-state index in [1.165, 1.54) is 18.4 Å². The van der Waals surface area contributed by atoms with Gasteiger partial charge in [0.2, 0.25) is 0 Å². The Morgan fingerprint density at radius 3 is 2.68 bits per heavy atom. The maximum Gasteiger partial charge on any atom is 0.0645 e. The normalized spacial score (nSPS) is 22.3. The summed E-state index contributed by atoms with van der Waals surface area (Å²) in [6.07, 6.45) is 6.35. The number of halogens is 1. The van der Waals surface area contributed by atoms with E-state index in [9.17, 15) is 0 Å². The van der Waals surface area contributed by atoms with Crippen molar-refractivity contribution in [2.24, 2.45) is 11.7 Å². The summed E-state index contributed by atoms with van der Waals surface area (Å²) < 4.78 is 1.88. The first-order chi connectivity index (χ1) is 10.3. The summed E-state index contributed by atoms with van der Waals surface area (Å²) in [7, 11) is 0. The van der Waals surface area contributed by atoms with E-state index in [-0.39, 0.29) is 12.4 Å². The molecule has 1 aliphatic heterocycles. The van der Waals surface area contributed by atoms with Gasteiger partial charge in [0.05, 0.1) is 5.69 Å². The first-order valence-electron chi connectivity index (χ1n) is 7.81. The minimum Gasteiger partial charge on any atom is -0.329 e. The average Bonchev–Trinajstić information content (AvgIpc) is 3.03. The van der Waals surface area contributed by atoms with Gasteiger partial charge in [0.25, 0.3) is 0 Å². The molecule has 1 aromatic heterocycles. The van der Waals surface area contributed by atoms with E-state index in [2.05, 4.69) is 41.2 Å². The van der Waals surface area contributed by atoms with Crippen LogP contribution in [0.25, 0.3) is 5.69 Å². The molecule has 0 radical (unpaired) electrons. The summed E-state index contributed by atoms with van der Waals surface area (Å²) in [6.45, 7) is 5.23. The maximum atomic E-state index is 5.97. The minimum absolute atomic E-state index is 0. The van der Waals surface area contributed by atoms with E-state index in [4.69, 9.17) is 5.73 Å². The number of aromatic nitrogens is 2. The molecule has 0 bridgehead atoms. The SMILES string of the molecule is CC1CCCN(Cc2ccc(-n3cccn3)cc2)C1CN.Cl. The summed E-state index contributed by atoms with van der Waals surface area (Å²) in [4.78, 5) is 2.54. The molecule has 2 N–H and O–H groups in total. The highest BCUT2D eigenvalue weighted by Crippen LogP contribution is 2.24. The number of nitrogens with two attached hydrogens (primary N) is 1. The van der Waals surface area contributed by atoms with Crippen LogP contribution in [0.15, 0.2) is 42.7 Å². The number of hydrogen-bond acceptors (Lipinski definition) is 3. The number of nitrogens with zero attached hydrogens (tertiary/aromatic N) is 3. The molecule has 22 heavy (non-hydrogen) atoms. The molecule has 5 heteroatoms. The van der Waals surface area contributed by atoms with Gasteiger partial charge in [-0.15, -0.1) is 12.4 Å². The molecule has 4 nitrogen and oxygen atoms in total. The topological polar surface area (TPSA) is 47.1 Å². The van der Waals surface area contributed by atoms with Crippen LogP contribution < -0.4 is 5.73 Å². The largest absolute Gasteiger partial charge is 0.329 e. The first-order valence-corrected chi connectivity index (χ1v) is 7.81. The van der Waals surface area contributed by atoms with Gasteiger partial charge in [-0.25, -0.2) is 4.68 Å². The molecule has 1 saturated heterocycles. The summed E-state index contributed by atoms with van der Waals surface area (Å²) >= 11 is 0. The number of benzene rings is 1. The van der Waals surface area contributed by atoms with Gasteiger partial charge in [0.15, 0.2) is 0 Å². The predicted molar refractivity (Wildman–Crippen MR) is 92.5 cm³/mol. The Hall–Kier alpha value is -1.36. The smallest absolute Gasteiger partial charge is 0.0645 e. The zero-order chi connectivity index (χ0) is 14.7. The fourth-order valence-electron chi connectivity index (χ4n) is 3.32. The van der Waals surface area contributed by atoms with E-state index in [1.807, 2.05) is 16.9 Å². The Morgan fingerprint density at radius 2 is 2.05 bits per heavy atom. The van der Waals surface area contributed by atoms with Crippen molar-refractivity contribution in [2.75, 3.05) is 13.1 Å². The van der Waals surface area contributed by atoms with Crippen molar-refractivity contribution in [3.8, 4) is 5.69 Å². The molecule has 3 rings (SSSR count). The zero-order valence-electron chi connectivity index (χ0n) is 13.1. The van der Waals surface area contributed by atoms with E-state index in [0.29, 0.717) is 12.0 Å². The van der Waals surface area contributed by atoms with Crippen LogP contribution in [0.2, 0.25) is 0 Å². The van der Waals surface area contributed by atoms with Crippen molar-refractivity contribution in [2.45, 2.75) is 32.4 Å². The monoisotopic (exact) mass is 320 g/mol. The Morgan fingerprint density at radius 1 is 1.27 bits per heavy atom. The van der Waals surface area contributed by atoms with Crippen LogP contribution in [0.1, 0.15) is 25.3 Å². The third kappa shape index (κ3) is 3.69. The van der Waals surface area contributed by atoms with Crippen molar-refractivity contribution in [1.29, 1.82) is 0 Å². The second-order valence-corrected chi connectivity index (χ2v) is 6.01. The van der Waals surface area contributed by atoms with Crippen molar-refractivity contribution in [3.63, 3.8) is 0 Å². The van der Waals surface area contributed by atoms with Gasteiger partial charge in [-0.05, 0) is 49.1 Å². The zero-order valence-corrected chi connectivity index (χ0v) is 13.9. The lowest BCUT2D eigenvalue weighted by Crippen LogP contribution is -2.47. The number of hydrogen-bond donors (Lipinski definition) is 1. The second-order valence-electron chi connectivity index (χ2n) is 6.01. The third-order valence-electron chi connectivity index (χ3n) is 4.56. The van der Waals surface area contributed by atoms with Gasteiger partial charge in [-0.1, -0.05) is 19.1 Å². The van der Waals surface area contributed by atoms with Crippen molar-refractivity contribution in [3.05, 3.63) is 48.3 Å². The molecular weight excluding hydrogens is 296 g/mol. The Bertz CT molecular complexity index is 553. The van der Waals surface area contributed by atoms with Gasteiger partial charge in [0.1, 0.15) is 0 Å². The van der Waals surface area contributed by atoms with Gasteiger partial charge in [-0.2, -0.15) is 5.10 Å². The fourth-order valence-corrected chi connectivity index (χ4v) is 3.32. The van der Waals surface area contributed by atoms with E-state index in [0.717, 1.165) is 25.3 Å². The van der Waals surface area contributed by atoms with Crippen LogP contribution in [0.4, 0.5) is 0 Å². The van der Waals surface area contributed by atoms with Crippen LogP contribution in [0.3, 0.4) is 0 Å². The minimum atomic E-state index is 0. The average molecular weight is 321 g/mol. The van der Waals surface area contributed by atoms with Gasteiger partial charge < -0.3 is 5.73 Å². The van der Waals surface area contributed by atoms with Crippen molar-refractivity contribution >= 4 is 12.4 Å². The van der Waals surface area contributed by atoms with E-state index >= 15 is 0 Å². The van der Waals surface area contributed by atoms with Gasteiger partial charge in [0, 0.05) is 31.5 Å². The Balaban J connectivity index is 0.00000176. The molecule has 0 amide bonds. The summed E-state index contributed by atoms with van der Waals surface area (Å²) in [5.74, 6) is 0.701. The van der Waals surface area contributed by atoms with Crippen LogP contribution in [-0.4, -0.2) is 33.8 Å². The highest BCUT2D eigenvalue weighted by atomic mass is 35.5. The molecule has 1 aromatic carbocycles. The molecule has 1 aliphatic rings. The van der Waals surface area contributed by atoms with Crippen molar-refractivity contribution < 1.29 is 0 Å². The molecule has 2 aromatic rings. The van der Waals surface area contributed by atoms with Gasteiger partial charge in [-0.3, -0.25) is 4.90 Å². The van der Waals surface area contributed by atoms with Crippen LogP contribution in [0, 0.1) is 5.92 Å². The molecule has 2 atom stereocenters. The lowest BCUT2D eigenvalue weighted by molar-refractivity contribution is 0.0991. The summed E-state index contributed by atoms with van der Waals surface area (Å²) in [6, 6.07) is 11.1. The Labute approximate surface area is 138 Å². The summed E-state index contributed by atoms with van der Waals surface area (Å²) in [5, 5.41) is 4.26. The highest BCUT2D eigenvalue weighted by molar-refractivity contribution is 5.85. The van der Waals surface area contributed by atoms with E-state index < -0.39 is 0 Å². The molecule has 120 valence electrons. The molecule has 0 saturated carbocycles. The summed E-state index contributed by atoms with van der Waals surface area (Å²) in [5.41, 5.74) is 8.42. The lowest BCUT2D eigenvalue weighted by Gasteiger charge is -2.39. The van der Waals surface area contributed by atoms with Crippen LogP contribution >= 0.6 is 12.4 Å².